The van der Waals surface area contributed by atoms with E-state index in [0.717, 1.165) is 83.5 Å². The maximum absolute atomic E-state index is 14.3. The van der Waals surface area contributed by atoms with Gasteiger partial charge in [0, 0.05) is 49.5 Å². The molecule has 1 fully saturated rings. The Labute approximate surface area is 312 Å². The number of nitrogens with two attached hydrogens (primary N) is 1. The number of aromatic nitrogens is 2. The highest BCUT2D eigenvalue weighted by atomic mass is 35.5. The highest BCUT2D eigenvalue weighted by Gasteiger charge is 2.25. The predicted molar refractivity (Wildman–Crippen MR) is 215 cm³/mol. The summed E-state index contributed by atoms with van der Waals surface area (Å²) in [6, 6.07) is 39.5. The lowest BCUT2D eigenvalue weighted by Gasteiger charge is -2.34. The number of aryl methyl sites for hydroxylation is 3. The zero-order valence-corrected chi connectivity index (χ0v) is 30.4. The van der Waals surface area contributed by atoms with Crippen molar-refractivity contribution >= 4 is 69.7 Å². The van der Waals surface area contributed by atoms with E-state index < -0.39 is 0 Å². The second kappa shape index (κ2) is 16.9. The Hall–Kier alpha value is -4.89. The fraction of sp³-hybridized carbons (Fsp3) is 0.244. The number of amides is 1. The molecule has 5 aromatic carbocycles. The molecule has 0 atom stereocenters. The molecule has 4 N–H and O–H groups in total. The molecule has 10 heteroatoms. The zero-order valence-electron chi connectivity index (χ0n) is 28.8. The summed E-state index contributed by atoms with van der Waals surface area (Å²) in [5.41, 5.74) is 12.6. The Balaban J connectivity index is 0.00000252. The molecular formula is C41H45Cl2N7O. The summed E-state index contributed by atoms with van der Waals surface area (Å²) < 4.78 is 2.15. The first kappa shape index (κ1) is 37.4. The fourth-order valence-electron chi connectivity index (χ4n) is 6.94. The minimum Gasteiger partial charge on any atom is -0.384 e. The van der Waals surface area contributed by atoms with Gasteiger partial charge in [0.05, 0.1) is 24.1 Å². The maximum atomic E-state index is 14.3. The van der Waals surface area contributed by atoms with Crippen molar-refractivity contribution in [3.05, 3.63) is 138 Å². The lowest BCUT2D eigenvalue weighted by molar-refractivity contribution is -0.120. The number of halogens is 2. The number of nitrogens with one attached hydrogen (secondary N) is 2. The van der Waals surface area contributed by atoms with Gasteiger partial charge in [-0.15, -0.1) is 24.8 Å². The van der Waals surface area contributed by atoms with Crippen LogP contribution in [0, 0.1) is 5.41 Å². The van der Waals surface area contributed by atoms with Crippen molar-refractivity contribution in [2.45, 2.75) is 38.3 Å². The normalized spacial score (nSPS) is 13.4. The number of benzene rings is 5. The molecule has 0 radical (unpaired) electrons. The van der Waals surface area contributed by atoms with Crippen molar-refractivity contribution < 1.29 is 4.79 Å². The summed E-state index contributed by atoms with van der Waals surface area (Å²) in [6.45, 7) is 2.60. The zero-order chi connectivity index (χ0) is 33.7. The second-order valence-electron chi connectivity index (χ2n) is 13.0. The van der Waals surface area contributed by atoms with Crippen molar-refractivity contribution in [1.29, 1.82) is 5.41 Å². The van der Waals surface area contributed by atoms with Gasteiger partial charge < -0.3 is 20.5 Å². The van der Waals surface area contributed by atoms with Gasteiger partial charge >= 0.3 is 0 Å². The SMILES string of the molecule is Cl.Cl.Cn1c(CCc2ccc(C(=N)N)cc2)nc2cc(N(Cc3cccc4ccccc34)C(=O)CN3CCC(Nc4ccccc4)CC3)ccc21. The number of imidazole rings is 1. The predicted octanol–water partition coefficient (Wildman–Crippen LogP) is 7.75. The number of amidine groups is 1. The first-order valence-corrected chi connectivity index (χ1v) is 17.1. The number of hydrogen-bond acceptors (Lipinski definition) is 5. The van der Waals surface area contributed by atoms with Crippen LogP contribution in [-0.2, 0) is 31.2 Å². The smallest absolute Gasteiger partial charge is 0.241 e. The van der Waals surface area contributed by atoms with Crippen LogP contribution in [-0.4, -0.2) is 51.9 Å². The molecule has 1 aromatic heterocycles. The molecule has 51 heavy (non-hydrogen) atoms. The van der Waals surface area contributed by atoms with E-state index in [0.29, 0.717) is 19.1 Å². The highest BCUT2D eigenvalue weighted by Crippen LogP contribution is 2.28. The molecule has 2 heterocycles. The van der Waals surface area contributed by atoms with E-state index >= 15 is 0 Å². The number of likely N-dealkylation sites (tertiary alicyclic amines) is 1. The average Bonchev–Trinajstić information content (AvgIpc) is 3.45. The Bertz CT molecular complexity index is 2090. The molecule has 0 spiro atoms. The number of rotatable bonds is 11. The molecule has 0 unspecified atom stereocenters. The lowest BCUT2D eigenvalue weighted by atomic mass is 10.0. The third-order valence-corrected chi connectivity index (χ3v) is 9.77. The Morgan fingerprint density at radius 3 is 2.33 bits per heavy atom. The summed E-state index contributed by atoms with van der Waals surface area (Å²) in [7, 11) is 2.05. The van der Waals surface area contributed by atoms with Crippen molar-refractivity contribution in [1.82, 2.24) is 14.5 Å². The number of fused-ring (bicyclic) bond motifs is 2. The molecule has 1 amide bonds. The Morgan fingerprint density at radius 1 is 0.882 bits per heavy atom. The van der Waals surface area contributed by atoms with Crippen LogP contribution in [0.4, 0.5) is 11.4 Å². The van der Waals surface area contributed by atoms with Crippen LogP contribution in [0.3, 0.4) is 0 Å². The largest absolute Gasteiger partial charge is 0.384 e. The van der Waals surface area contributed by atoms with E-state index in [1.165, 1.54) is 10.9 Å². The fourth-order valence-corrected chi connectivity index (χ4v) is 6.94. The summed E-state index contributed by atoms with van der Waals surface area (Å²) in [5, 5.41) is 13.6. The minimum absolute atomic E-state index is 0. The van der Waals surface area contributed by atoms with Gasteiger partial charge in [-0.1, -0.05) is 84.9 Å². The number of carbonyl (C=O) groups is 1. The second-order valence-corrected chi connectivity index (χ2v) is 13.0. The molecule has 0 aliphatic carbocycles. The van der Waals surface area contributed by atoms with Gasteiger partial charge in [0.15, 0.2) is 0 Å². The van der Waals surface area contributed by atoms with Crippen LogP contribution in [0.1, 0.15) is 35.4 Å². The van der Waals surface area contributed by atoms with Crippen LogP contribution < -0.4 is 16.0 Å². The molecule has 1 saturated heterocycles. The van der Waals surface area contributed by atoms with Crippen molar-refractivity contribution in [2.24, 2.45) is 12.8 Å². The molecule has 0 bridgehead atoms. The molecule has 8 nitrogen and oxygen atoms in total. The van der Waals surface area contributed by atoms with Crippen LogP contribution in [0.5, 0.6) is 0 Å². The standard InChI is InChI=1S/C41H43N7O.2ClH/c1-46-38-20-19-35(26-37(38)45-39(46)21-16-29-14-17-31(18-15-29)41(42)43)48(27-32-10-7-9-30-8-5-6-13-36(30)32)40(49)28-47-24-22-34(23-25-47)44-33-11-3-2-4-12-33;;/h2-15,17-20,26,34,44H,16,21-25,27-28H2,1H3,(H3,42,43);2*1H. The Kier molecular flexibility index (Phi) is 12.4. The van der Waals surface area contributed by atoms with E-state index in [9.17, 15) is 4.79 Å². The van der Waals surface area contributed by atoms with Gasteiger partial charge in [0.2, 0.25) is 5.91 Å². The minimum atomic E-state index is 0. The van der Waals surface area contributed by atoms with Crippen molar-refractivity contribution in [3.63, 3.8) is 0 Å². The van der Waals surface area contributed by atoms with E-state index in [1.54, 1.807) is 0 Å². The molecular weight excluding hydrogens is 677 g/mol. The van der Waals surface area contributed by atoms with E-state index in [4.69, 9.17) is 16.1 Å². The van der Waals surface area contributed by atoms with Crippen LogP contribution >= 0.6 is 24.8 Å². The summed E-state index contributed by atoms with van der Waals surface area (Å²) >= 11 is 0. The van der Waals surface area contributed by atoms with Gasteiger partial charge in [-0.05, 0) is 71.5 Å². The first-order chi connectivity index (χ1) is 23.9. The molecule has 1 aliphatic heterocycles. The van der Waals surface area contributed by atoms with Gasteiger partial charge in [0.25, 0.3) is 0 Å². The van der Waals surface area contributed by atoms with Crippen molar-refractivity contribution in [3.8, 4) is 0 Å². The molecule has 6 aromatic rings. The van der Waals surface area contributed by atoms with E-state index in [2.05, 4.69) is 107 Å². The van der Waals surface area contributed by atoms with Crippen LogP contribution in [0.25, 0.3) is 21.8 Å². The number of nitrogen functional groups attached to an aromatic ring is 1. The summed E-state index contributed by atoms with van der Waals surface area (Å²) in [5.74, 6) is 1.15. The highest BCUT2D eigenvalue weighted by molar-refractivity contribution is 5.98. The number of hydrogen-bond donors (Lipinski definition) is 3. The first-order valence-electron chi connectivity index (χ1n) is 17.1. The Morgan fingerprint density at radius 2 is 1.59 bits per heavy atom. The average molecular weight is 723 g/mol. The van der Waals surface area contributed by atoms with Crippen molar-refractivity contribution in [2.75, 3.05) is 29.9 Å². The molecule has 264 valence electrons. The number of para-hydroxylation sites is 1. The molecule has 0 saturated carbocycles. The maximum Gasteiger partial charge on any atom is 0.241 e. The van der Waals surface area contributed by atoms with Crippen LogP contribution in [0.15, 0.2) is 115 Å². The number of piperidine rings is 1. The number of carbonyl (C=O) groups excluding carboxylic acids is 1. The molecule has 1 aliphatic rings. The van der Waals surface area contributed by atoms with Gasteiger partial charge in [-0.2, -0.15) is 0 Å². The van der Waals surface area contributed by atoms with E-state index in [-0.39, 0.29) is 36.6 Å². The monoisotopic (exact) mass is 721 g/mol. The van der Waals surface area contributed by atoms with E-state index in [1.807, 2.05) is 35.2 Å². The van der Waals surface area contributed by atoms with Gasteiger partial charge in [0.1, 0.15) is 11.7 Å². The van der Waals surface area contributed by atoms with Gasteiger partial charge in [-0.25, -0.2) is 4.98 Å². The topological polar surface area (TPSA) is 103 Å². The van der Waals surface area contributed by atoms with Crippen LogP contribution in [0.2, 0.25) is 0 Å². The third kappa shape index (κ3) is 8.71. The summed E-state index contributed by atoms with van der Waals surface area (Å²) in [4.78, 5) is 23.6. The lowest BCUT2D eigenvalue weighted by Crippen LogP contribution is -2.45. The third-order valence-electron chi connectivity index (χ3n) is 9.77. The summed E-state index contributed by atoms with van der Waals surface area (Å²) in [6.07, 6.45) is 3.59. The van der Waals surface area contributed by atoms with Gasteiger partial charge in [-0.3, -0.25) is 15.1 Å². The molecule has 7 rings (SSSR count). The number of anilines is 2. The number of nitrogens with zero attached hydrogens (tertiary/aromatic N) is 4. The quantitative estimate of drug-likeness (QED) is 0.0938.